The highest BCUT2D eigenvalue weighted by molar-refractivity contribution is 5.91. The van der Waals surface area contributed by atoms with Crippen molar-refractivity contribution < 1.29 is 19.4 Å². The lowest BCUT2D eigenvalue weighted by Crippen LogP contribution is -2.34. The fourth-order valence-corrected chi connectivity index (χ4v) is 2.25. The third-order valence-electron chi connectivity index (χ3n) is 3.44. The molecule has 0 bridgehead atoms. The Morgan fingerprint density at radius 1 is 1.28 bits per heavy atom. The summed E-state index contributed by atoms with van der Waals surface area (Å²) in [6, 6.07) is 5.28. The zero-order valence-electron chi connectivity index (χ0n) is 14.9. The molecule has 0 radical (unpaired) electrons. The number of aromatic nitrogens is 2. The fourth-order valence-electron chi connectivity index (χ4n) is 2.25. The van der Waals surface area contributed by atoms with Crippen molar-refractivity contribution in [1.82, 2.24) is 15.1 Å². The molecule has 2 N–H and O–H groups in total. The number of carboxylic acids is 1. The van der Waals surface area contributed by atoms with E-state index in [1.54, 1.807) is 50.7 Å². The van der Waals surface area contributed by atoms with Crippen LogP contribution in [0.25, 0.3) is 11.1 Å². The predicted octanol–water partition coefficient (Wildman–Crippen LogP) is 3.08. The third kappa shape index (κ3) is 5.34. The topological polar surface area (TPSA) is 93.5 Å². The molecule has 0 aliphatic heterocycles. The van der Waals surface area contributed by atoms with Crippen molar-refractivity contribution in [3.63, 3.8) is 0 Å². The van der Waals surface area contributed by atoms with E-state index in [0.29, 0.717) is 18.7 Å². The molecule has 25 heavy (non-hydrogen) atoms. The van der Waals surface area contributed by atoms with E-state index in [4.69, 9.17) is 4.74 Å². The second kappa shape index (κ2) is 7.38. The Kier molecular flexibility index (Phi) is 5.46. The normalized spacial score (nSPS) is 11.2. The summed E-state index contributed by atoms with van der Waals surface area (Å²) in [6.45, 7) is 8.04. The fraction of sp³-hybridized carbons (Fsp3) is 0.389. The number of rotatable bonds is 5. The van der Waals surface area contributed by atoms with Crippen molar-refractivity contribution in [2.75, 3.05) is 6.54 Å². The molecule has 0 fully saturated rings. The van der Waals surface area contributed by atoms with E-state index >= 15 is 0 Å². The summed E-state index contributed by atoms with van der Waals surface area (Å²) in [4.78, 5) is 22.8. The SMILES string of the molecule is Cc1ccc(-c2cnn(CCNC(=O)OC(C)(C)C)c2)cc1C(=O)O. The molecule has 2 aromatic rings. The first-order chi connectivity index (χ1) is 11.7. The second-order valence-corrected chi connectivity index (χ2v) is 6.76. The maximum Gasteiger partial charge on any atom is 0.407 e. The molecule has 1 heterocycles. The van der Waals surface area contributed by atoms with Crippen LogP contribution in [0.3, 0.4) is 0 Å². The lowest BCUT2D eigenvalue weighted by molar-refractivity contribution is 0.0525. The highest BCUT2D eigenvalue weighted by Crippen LogP contribution is 2.22. The van der Waals surface area contributed by atoms with E-state index in [1.165, 1.54) is 0 Å². The van der Waals surface area contributed by atoms with Gasteiger partial charge in [-0.3, -0.25) is 4.68 Å². The van der Waals surface area contributed by atoms with Gasteiger partial charge in [0.15, 0.2) is 0 Å². The van der Waals surface area contributed by atoms with Crippen LogP contribution in [0.4, 0.5) is 4.79 Å². The number of alkyl carbamates (subject to hydrolysis) is 1. The number of amides is 1. The van der Waals surface area contributed by atoms with Gasteiger partial charge in [-0.25, -0.2) is 9.59 Å². The molecular weight excluding hydrogens is 322 g/mol. The molecule has 0 aliphatic rings. The summed E-state index contributed by atoms with van der Waals surface area (Å²) in [6.07, 6.45) is 3.01. The Morgan fingerprint density at radius 3 is 2.64 bits per heavy atom. The highest BCUT2D eigenvalue weighted by Gasteiger charge is 2.15. The first-order valence-corrected chi connectivity index (χ1v) is 7.99. The van der Waals surface area contributed by atoms with Crippen LogP contribution >= 0.6 is 0 Å². The van der Waals surface area contributed by atoms with E-state index in [1.807, 2.05) is 12.3 Å². The van der Waals surface area contributed by atoms with Crippen molar-refractivity contribution in [2.24, 2.45) is 0 Å². The number of hydrogen-bond acceptors (Lipinski definition) is 4. The molecular formula is C18H23N3O4. The summed E-state index contributed by atoms with van der Waals surface area (Å²) >= 11 is 0. The zero-order valence-corrected chi connectivity index (χ0v) is 14.9. The van der Waals surface area contributed by atoms with Gasteiger partial charge in [0.1, 0.15) is 5.60 Å². The number of carbonyl (C=O) groups is 2. The maximum atomic E-state index is 11.6. The minimum absolute atomic E-state index is 0.275. The van der Waals surface area contributed by atoms with Crippen molar-refractivity contribution >= 4 is 12.1 Å². The van der Waals surface area contributed by atoms with Crippen LogP contribution in [0.2, 0.25) is 0 Å². The van der Waals surface area contributed by atoms with Gasteiger partial charge in [0.05, 0.1) is 18.3 Å². The lowest BCUT2D eigenvalue weighted by Gasteiger charge is -2.19. The largest absolute Gasteiger partial charge is 0.478 e. The molecule has 2 rings (SSSR count). The second-order valence-electron chi connectivity index (χ2n) is 6.76. The smallest absolute Gasteiger partial charge is 0.407 e. The molecule has 1 aromatic carbocycles. The molecule has 7 heteroatoms. The van der Waals surface area contributed by atoms with E-state index < -0.39 is 17.7 Å². The number of aryl methyl sites for hydroxylation is 1. The molecule has 0 saturated heterocycles. The van der Waals surface area contributed by atoms with Gasteiger partial charge < -0.3 is 15.2 Å². The average molecular weight is 345 g/mol. The summed E-state index contributed by atoms with van der Waals surface area (Å²) in [5.74, 6) is -0.951. The Balaban J connectivity index is 1.98. The van der Waals surface area contributed by atoms with Crippen molar-refractivity contribution in [2.45, 2.75) is 39.8 Å². The van der Waals surface area contributed by atoms with Crippen LogP contribution in [0.15, 0.2) is 30.6 Å². The van der Waals surface area contributed by atoms with E-state index in [0.717, 1.165) is 11.1 Å². The van der Waals surface area contributed by atoms with Crippen LogP contribution in [-0.4, -0.2) is 39.1 Å². The number of ether oxygens (including phenoxy) is 1. The number of benzene rings is 1. The maximum absolute atomic E-state index is 11.6. The highest BCUT2D eigenvalue weighted by atomic mass is 16.6. The Morgan fingerprint density at radius 2 is 2.00 bits per heavy atom. The van der Waals surface area contributed by atoms with Gasteiger partial charge in [-0.1, -0.05) is 12.1 Å². The Hall–Kier alpha value is -2.83. The van der Waals surface area contributed by atoms with Gasteiger partial charge >= 0.3 is 12.1 Å². The molecule has 1 amide bonds. The van der Waals surface area contributed by atoms with Crippen LogP contribution in [0, 0.1) is 6.92 Å². The van der Waals surface area contributed by atoms with E-state index in [2.05, 4.69) is 10.4 Å². The first-order valence-electron chi connectivity index (χ1n) is 7.99. The van der Waals surface area contributed by atoms with E-state index in [-0.39, 0.29) is 5.56 Å². The number of aromatic carboxylic acids is 1. The number of carboxylic acid groups (broad SMARTS) is 1. The average Bonchev–Trinajstić information content (AvgIpc) is 2.94. The van der Waals surface area contributed by atoms with Crippen LogP contribution < -0.4 is 5.32 Å². The summed E-state index contributed by atoms with van der Waals surface area (Å²) < 4.78 is 6.85. The number of nitrogens with one attached hydrogen (secondary N) is 1. The van der Waals surface area contributed by atoms with E-state index in [9.17, 15) is 14.7 Å². The first kappa shape index (κ1) is 18.5. The minimum Gasteiger partial charge on any atom is -0.478 e. The van der Waals surface area contributed by atoms with Gasteiger partial charge in [-0.05, 0) is 44.9 Å². The Labute approximate surface area is 146 Å². The summed E-state index contributed by atoms with van der Waals surface area (Å²) in [5.41, 5.74) is 2.06. The molecule has 7 nitrogen and oxygen atoms in total. The standard InChI is InChI=1S/C18H23N3O4/c1-12-5-6-13(9-15(12)16(22)23)14-10-20-21(11-14)8-7-19-17(24)25-18(2,3)4/h5-6,9-11H,7-8H2,1-4H3,(H,19,24)(H,22,23). The lowest BCUT2D eigenvalue weighted by atomic mass is 10.0. The quantitative estimate of drug-likeness (QED) is 0.868. The molecule has 0 spiro atoms. The number of hydrogen-bond donors (Lipinski definition) is 2. The van der Waals surface area contributed by atoms with Crippen molar-refractivity contribution in [1.29, 1.82) is 0 Å². The number of nitrogens with zero attached hydrogens (tertiary/aromatic N) is 2. The van der Waals surface area contributed by atoms with Crippen molar-refractivity contribution in [3.8, 4) is 11.1 Å². The predicted molar refractivity (Wildman–Crippen MR) is 93.6 cm³/mol. The van der Waals surface area contributed by atoms with Crippen LogP contribution in [0.1, 0.15) is 36.7 Å². The monoisotopic (exact) mass is 345 g/mol. The van der Waals surface area contributed by atoms with Gasteiger partial charge in [-0.15, -0.1) is 0 Å². The van der Waals surface area contributed by atoms with Crippen LogP contribution in [0.5, 0.6) is 0 Å². The van der Waals surface area contributed by atoms with Crippen molar-refractivity contribution in [3.05, 3.63) is 41.7 Å². The Bertz CT molecular complexity index is 775. The molecule has 134 valence electrons. The van der Waals surface area contributed by atoms with Gasteiger partial charge in [0.2, 0.25) is 0 Å². The molecule has 0 saturated carbocycles. The summed E-state index contributed by atoms with van der Waals surface area (Å²) in [7, 11) is 0. The minimum atomic E-state index is -0.951. The zero-order chi connectivity index (χ0) is 18.6. The molecule has 0 aliphatic carbocycles. The van der Waals surface area contributed by atoms with Gasteiger partial charge in [0.25, 0.3) is 0 Å². The molecule has 1 aromatic heterocycles. The number of carbonyl (C=O) groups excluding carboxylic acids is 1. The van der Waals surface area contributed by atoms with Crippen LogP contribution in [-0.2, 0) is 11.3 Å². The molecule has 0 atom stereocenters. The van der Waals surface area contributed by atoms with Gasteiger partial charge in [-0.2, -0.15) is 5.10 Å². The third-order valence-corrected chi connectivity index (χ3v) is 3.44. The summed E-state index contributed by atoms with van der Waals surface area (Å²) in [5, 5.41) is 16.1. The van der Waals surface area contributed by atoms with Gasteiger partial charge in [0, 0.05) is 18.3 Å². The molecule has 0 unspecified atom stereocenters.